The number of halogens is 2. The van der Waals surface area contributed by atoms with Crippen molar-refractivity contribution in [2.45, 2.75) is 24.9 Å². The van der Waals surface area contributed by atoms with Crippen LogP contribution in [-0.4, -0.2) is 5.11 Å². The zero-order valence-electron chi connectivity index (χ0n) is 19.0. The molecule has 0 unspecified atom stereocenters. The van der Waals surface area contributed by atoms with Gasteiger partial charge in [-0.05, 0) is 71.2 Å². The van der Waals surface area contributed by atoms with Crippen LogP contribution in [0.4, 0.5) is 0 Å². The summed E-state index contributed by atoms with van der Waals surface area (Å²) in [6.45, 7) is 4.27. The van der Waals surface area contributed by atoms with Crippen molar-refractivity contribution in [1.82, 2.24) is 0 Å². The van der Waals surface area contributed by atoms with E-state index in [1.165, 1.54) is 0 Å². The molecule has 0 atom stereocenters. The summed E-state index contributed by atoms with van der Waals surface area (Å²) in [6, 6.07) is 35.6. The van der Waals surface area contributed by atoms with Crippen LogP contribution < -0.4 is 0 Å². The fraction of sp³-hybridized carbons (Fsp3) is 0.161. The molecule has 0 spiro atoms. The minimum absolute atomic E-state index is 0.442. The van der Waals surface area contributed by atoms with Gasteiger partial charge < -0.3 is 5.11 Å². The first kappa shape index (κ1) is 24.3. The Kier molecular flexibility index (Phi) is 7.58. The van der Waals surface area contributed by atoms with Crippen molar-refractivity contribution in [3.8, 4) is 0 Å². The molecule has 0 aromatic heterocycles. The average Bonchev–Trinajstić information content (AvgIpc) is 2.88. The number of benzene rings is 4. The van der Waals surface area contributed by atoms with E-state index in [4.69, 9.17) is 23.2 Å². The van der Waals surface area contributed by atoms with Crippen molar-refractivity contribution in [1.29, 1.82) is 0 Å². The highest BCUT2D eigenvalue weighted by atomic mass is 35.5. The van der Waals surface area contributed by atoms with Gasteiger partial charge in [0.05, 0.1) is 0 Å². The minimum atomic E-state index is -1.20. The lowest BCUT2D eigenvalue weighted by atomic mass is 9.66. The molecule has 0 aliphatic rings. The molecule has 4 aromatic rings. The van der Waals surface area contributed by atoms with Crippen LogP contribution in [0.5, 0.6) is 0 Å². The van der Waals surface area contributed by atoms with E-state index in [0.717, 1.165) is 22.3 Å². The summed E-state index contributed by atoms with van der Waals surface area (Å²) in [4.78, 5) is 0. The Morgan fingerprint density at radius 3 is 1.35 bits per heavy atom. The lowest BCUT2D eigenvalue weighted by Gasteiger charge is -2.40. The lowest BCUT2D eigenvalue weighted by Crippen LogP contribution is -2.38. The highest BCUT2D eigenvalue weighted by molar-refractivity contribution is 6.30. The molecule has 0 bridgehead atoms. The molecule has 172 valence electrons. The lowest BCUT2D eigenvalue weighted by molar-refractivity contribution is 0.0341. The Morgan fingerprint density at radius 1 is 0.618 bits per heavy atom. The normalized spacial score (nSPS) is 11.9. The topological polar surface area (TPSA) is 20.2 Å². The second-order valence-corrected chi connectivity index (χ2v) is 9.81. The van der Waals surface area contributed by atoms with Crippen LogP contribution in [0.3, 0.4) is 0 Å². The van der Waals surface area contributed by atoms with Crippen molar-refractivity contribution < 1.29 is 5.11 Å². The van der Waals surface area contributed by atoms with Gasteiger partial charge in [0, 0.05) is 10.0 Å². The number of aliphatic hydroxyl groups is 1. The van der Waals surface area contributed by atoms with Gasteiger partial charge in [0.15, 0.2) is 0 Å². The van der Waals surface area contributed by atoms with Gasteiger partial charge in [-0.3, -0.25) is 0 Å². The third-order valence-corrected chi connectivity index (χ3v) is 6.99. The Labute approximate surface area is 212 Å². The molecule has 0 saturated carbocycles. The molecule has 0 aliphatic carbocycles. The van der Waals surface area contributed by atoms with Crippen molar-refractivity contribution in [2.24, 2.45) is 5.41 Å². The first-order chi connectivity index (χ1) is 16.4. The first-order valence-electron chi connectivity index (χ1n) is 11.4. The molecule has 34 heavy (non-hydrogen) atoms. The van der Waals surface area contributed by atoms with Crippen LogP contribution in [0.1, 0.15) is 28.7 Å². The number of rotatable bonds is 9. The Hall–Kier alpha value is -2.84. The molecule has 4 rings (SSSR count). The summed E-state index contributed by atoms with van der Waals surface area (Å²) < 4.78 is 0. The van der Waals surface area contributed by atoms with Crippen LogP contribution in [0.2, 0.25) is 10.0 Å². The fourth-order valence-electron chi connectivity index (χ4n) is 4.73. The van der Waals surface area contributed by atoms with E-state index in [0.29, 0.717) is 29.3 Å². The quantitative estimate of drug-likeness (QED) is 0.236. The maximum atomic E-state index is 12.4. The maximum absolute atomic E-state index is 12.4. The largest absolute Gasteiger partial charge is 0.380 e. The molecule has 3 heteroatoms. The zero-order valence-corrected chi connectivity index (χ0v) is 20.5. The minimum Gasteiger partial charge on any atom is -0.380 e. The van der Waals surface area contributed by atoms with Crippen molar-refractivity contribution >= 4 is 23.2 Å². The van der Waals surface area contributed by atoms with Gasteiger partial charge in [-0.15, -0.1) is 6.58 Å². The number of allylic oxidation sites excluding steroid dienone is 1. The van der Waals surface area contributed by atoms with E-state index in [1.807, 2.05) is 115 Å². The van der Waals surface area contributed by atoms with Gasteiger partial charge >= 0.3 is 0 Å². The number of hydrogen-bond acceptors (Lipinski definition) is 1. The zero-order chi connectivity index (χ0) is 24.0. The summed E-state index contributed by atoms with van der Waals surface area (Å²) in [5.74, 6) is 0. The predicted octanol–water partition coefficient (Wildman–Crippen LogP) is 8.28. The SMILES string of the molecule is C=CC(Cc1ccc(Cl)cc1)(Cc1ccc(Cl)cc1)CC(O)(c1ccccc1)c1ccccc1. The van der Waals surface area contributed by atoms with Crippen molar-refractivity contribution in [2.75, 3.05) is 0 Å². The van der Waals surface area contributed by atoms with Gasteiger partial charge in [0.25, 0.3) is 0 Å². The predicted molar refractivity (Wildman–Crippen MR) is 143 cm³/mol. The summed E-state index contributed by atoms with van der Waals surface area (Å²) in [6.07, 6.45) is 3.88. The second-order valence-electron chi connectivity index (χ2n) is 8.94. The molecule has 4 aromatic carbocycles. The average molecular weight is 487 g/mol. The van der Waals surface area contributed by atoms with E-state index in [9.17, 15) is 5.11 Å². The molecular formula is C31H28Cl2O. The van der Waals surface area contributed by atoms with Gasteiger partial charge in [0.1, 0.15) is 5.60 Å². The van der Waals surface area contributed by atoms with Gasteiger partial charge in [-0.1, -0.05) is 114 Å². The Bertz CT molecular complexity index is 1110. The highest BCUT2D eigenvalue weighted by Gasteiger charge is 2.41. The molecule has 0 radical (unpaired) electrons. The molecule has 0 amide bonds. The Morgan fingerprint density at radius 2 is 1.00 bits per heavy atom. The second kappa shape index (κ2) is 10.6. The molecular weight excluding hydrogens is 459 g/mol. The smallest absolute Gasteiger partial charge is 0.115 e. The molecule has 1 nitrogen and oxygen atoms in total. The first-order valence-corrected chi connectivity index (χ1v) is 12.1. The third-order valence-electron chi connectivity index (χ3n) is 6.48. The van der Waals surface area contributed by atoms with Gasteiger partial charge in [0.2, 0.25) is 0 Å². The Balaban J connectivity index is 1.82. The number of hydrogen-bond donors (Lipinski definition) is 1. The van der Waals surface area contributed by atoms with Crippen LogP contribution in [0.25, 0.3) is 0 Å². The summed E-state index contributed by atoms with van der Waals surface area (Å²) in [5, 5.41) is 13.8. The molecule has 0 fully saturated rings. The summed E-state index contributed by atoms with van der Waals surface area (Å²) >= 11 is 12.3. The molecule has 0 aliphatic heterocycles. The standard InChI is InChI=1S/C31H28Cl2O/c1-2-30(21-24-13-17-28(32)18-14-24,22-25-15-19-29(33)20-16-25)23-31(34,26-9-5-3-6-10-26)27-11-7-4-8-12-27/h2-20,34H,1,21-23H2. The molecule has 0 saturated heterocycles. The summed E-state index contributed by atoms with van der Waals surface area (Å²) in [7, 11) is 0. The third kappa shape index (κ3) is 5.62. The highest BCUT2D eigenvalue weighted by Crippen LogP contribution is 2.45. The van der Waals surface area contributed by atoms with Crippen molar-refractivity contribution in [3.05, 3.63) is 154 Å². The van der Waals surface area contributed by atoms with E-state index >= 15 is 0 Å². The van der Waals surface area contributed by atoms with E-state index < -0.39 is 11.0 Å². The van der Waals surface area contributed by atoms with Crippen LogP contribution in [0.15, 0.2) is 122 Å². The van der Waals surface area contributed by atoms with Gasteiger partial charge in [-0.25, -0.2) is 0 Å². The van der Waals surface area contributed by atoms with Crippen molar-refractivity contribution in [3.63, 3.8) is 0 Å². The van der Waals surface area contributed by atoms with Crippen LogP contribution in [-0.2, 0) is 18.4 Å². The van der Waals surface area contributed by atoms with Gasteiger partial charge in [-0.2, -0.15) is 0 Å². The monoisotopic (exact) mass is 486 g/mol. The van der Waals surface area contributed by atoms with E-state index in [-0.39, 0.29) is 0 Å². The van der Waals surface area contributed by atoms with Crippen LogP contribution in [0, 0.1) is 5.41 Å². The van der Waals surface area contributed by atoms with E-state index in [1.54, 1.807) is 0 Å². The molecule has 1 N–H and O–H groups in total. The van der Waals surface area contributed by atoms with E-state index in [2.05, 4.69) is 6.58 Å². The maximum Gasteiger partial charge on any atom is 0.115 e. The fourth-order valence-corrected chi connectivity index (χ4v) is 4.98. The molecule has 0 heterocycles. The summed E-state index contributed by atoms with van der Waals surface area (Å²) in [5.41, 5.74) is 2.36. The van der Waals surface area contributed by atoms with Crippen LogP contribution >= 0.6 is 23.2 Å².